The van der Waals surface area contributed by atoms with Crippen LogP contribution < -0.4 is 19.5 Å². The van der Waals surface area contributed by atoms with Gasteiger partial charge in [-0.15, -0.1) is 0 Å². The van der Waals surface area contributed by atoms with E-state index in [0.29, 0.717) is 28.8 Å². The highest BCUT2D eigenvalue weighted by Gasteiger charge is 2.16. The van der Waals surface area contributed by atoms with Crippen LogP contribution in [0.5, 0.6) is 17.2 Å². The zero-order valence-electron chi connectivity index (χ0n) is 18.0. The highest BCUT2D eigenvalue weighted by Crippen LogP contribution is 2.38. The third-order valence-corrected chi connectivity index (χ3v) is 4.93. The first kappa shape index (κ1) is 21.0. The molecule has 0 aliphatic rings. The van der Waals surface area contributed by atoms with Crippen molar-refractivity contribution in [3.05, 3.63) is 78.5 Å². The standard InChI is InChI=1S/C25H23N3O4/c1-30-19-15-17(16-20(31-2)24(19)32-3)12-13-22(29)27-25-23(18-9-5-4-6-10-18)26-21-11-7-8-14-28(21)25/h4-16H,1-3H3,(H,27,29)/b13-12+. The Kier molecular flexibility index (Phi) is 6.07. The number of ether oxygens (including phenoxy) is 3. The molecule has 0 spiro atoms. The molecule has 2 heterocycles. The number of nitrogens with zero attached hydrogens (tertiary/aromatic N) is 2. The van der Waals surface area contributed by atoms with Gasteiger partial charge in [0.05, 0.1) is 21.3 Å². The first-order chi connectivity index (χ1) is 15.6. The molecule has 4 rings (SSSR count). The highest BCUT2D eigenvalue weighted by molar-refractivity contribution is 6.03. The Morgan fingerprint density at radius 2 is 1.62 bits per heavy atom. The van der Waals surface area contributed by atoms with E-state index in [2.05, 4.69) is 5.32 Å². The molecule has 0 unspecified atom stereocenters. The van der Waals surface area contributed by atoms with Crippen molar-refractivity contribution in [1.82, 2.24) is 9.38 Å². The van der Waals surface area contributed by atoms with Crippen LogP contribution in [0.4, 0.5) is 5.82 Å². The topological polar surface area (TPSA) is 74.1 Å². The maximum Gasteiger partial charge on any atom is 0.249 e. The molecule has 0 saturated heterocycles. The molecule has 2 aromatic heterocycles. The third-order valence-electron chi connectivity index (χ3n) is 4.93. The van der Waals surface area contributed by atoms with Gasteiger partial charge in [-0.3, -0.25) is 9.20 Å². The van der Waals surface area contributed by atoms with Gasteiger partial charge < -0.3 is 19.5 Å². The summed E-state index contributed by atoms with van der Waals surface area (Å²) in [4.78, 5) is 17.5. The number of fused-ring (bicyclic) bond motifs is 1. The van der Waals surface area contributed by atoms with Crippen LogP contribution in [0.2, 0.25) is 0 Å². The SMILES string of the molecule is COc1cc(/C=C/C(=O)Nc2c(-c3ccccc3)nc3ccccn23)cc(OC)c1OC. The van der Waals surface area contributed by atoms with E-state index in [1.807, 2.05) is 59.1 Å². The number of hydrogen-bond donors (Lipinski definition) is 1. The van der Waals surface area contributed by atoms with Gasteiger partial charge in [0.15, 0.2) is 11.5 Å². The smallest absolute Gasteiger partial charge is 0.249 e. The minimum atomic E-state index is -0.290. The lowest BCUT2D eigenvalue weighted by Gasteiger charge is -2.12. The minimum Gasteiger partial charge on any atom is -0.493 e. The maximum absolute atomic E-state index is 12.8. The average molecular weight is 429 g/mol. The lowest BCUT2D eigenvalue weighted by atomic mass is 10.1. The van der Waals surface area contributed by atoms with Crippen molar-refractivity contribution in [2.24, 2.45) is 0 Å². The van der Waals surface area contributed by atoms with Gasteiger partial charge in [0.25, 0.3) is 0 Å². The molecule has 0 saturated carbocycles. The largest absolute Gasteiger partial charge is 0.493 e. The van der Waals surface area contributed by atoms with Crippen molar-refractivity contribution in [2.45, 2.75) is 0 Å². The summed E-state index contributed by atoms with van der Waals surface area (Å²) in [6.45, 7) is 0. The molecule has 32 heavy (non-hydrogen) atoms. The molecular weight excluding hydrogens is 406 g/mol. The van der Waals surface area contributed by atoms with E-state index in [1.165, 1.54) is 6.08 Å². The van der Waals surface area contributed by atoms with Gasteiger partial charge >= 0.3 is 0 Å². The molecule has 0 aliphatic carbocycles. The van der Waals surface area contributed by atoms with Crippen LogP contribution in [0, 0.1) is 0 Å². The summed E-state index contributed by atoms with van der Waals surface area (Å²) in [6.07, 6.45) is 5.01. The number of methoxy groups -OCH3 is 3. The van der Waals surface area contributed by atoms with Crippen molar-refractivity contribution >= 4 is 23.4 Å². The highest BCUT2D eigenvalue weighted by atomic mass is 16.5. The van der Waals surface area contributed by atoms with Crippen molar-refractivity contribution in [3.63, 3.8) is 0 Å². The van der Waals surface area contributed by atoms with Gasteiger partial charge in [-0.25, -0.2) is 4.98 Å². The second-order valence-electron chi connectivity index (χ2n) is 6.89. The lowest BCUT2D eigenvalue weighted by Crippen LogP contribution is -2.10. The number of imidazole rings is 1. The Morgan fingerprint density at radius 3 is 2.28 bits per heavy atom. The Morgan fingerprint density at radius 1 is 0.938 bits per heavy atom. The summed E-state index contributed by atoms with van der Waals surface area (Å²) in [7, 11) is 4.64. The number of hydrogen-bond acceptors (Lipinski definition) is 5. The number of carbonyl (C=O) groups is 1. The quantitative estimate of drug-likeness (QED) is 0.432. The normalized spacial score (nSPS) is 11.0. The zero-order valence-corrected chi connectivity index (χ0v) is 18.0. The number of rotatable bonds is 7. The summed E-state index contributed by atoms with van der Waals surface area (Å²) < 4.78 is 17.9. The van der Waals surface area contributed by atoms with Crippen LogP contribution in [-0.2, 0) is 4.79 Å². The number of amides is 1. The minimum absolute atomic E-state index is 0.290. The fourth-order valence-corrected chi connectivity index (χ4v) is 3.44. The van der Waals surface area contributed by atoms with E-state index in [9.17, 15) is 4.79 Å². The van der Waals surface area contributed by atoms with E-state index < -0.39 is 0 Å². The second kappa shape index (κ2) is 9.26. The number of nitrogens with one attached hydrogen (secondary N) is 1. The molecule has 7 heteroatoms. The van der Waals surface area contributed by atoms with Gasteiger partial charge in [-0.1, -0.05) is 36.4 Å². The van der Waals surface area contributed by atoms with Crippen molar-refractivity contribution in [1.29, 1.82) is 0 Å². The van der Waals surface area contributed by atoms with Crippen LogP contribution in [0.15, 0.2) is 72.9 Å². The summed E-state index contributed by atoms with van der Waals surface area (Å²) in [6, 6.07) is 19.0. The van der Waals surface area contributed by atoms with E-state index in [-0.39, 0.29) is 5.91 Å². The van der Waals surface area contributed by atoms with Crippen LogP contribution in [0.25, 0.3) is 23.0 Å². The molecule has 0 radical (unpaired) electrons. The number of anilines is 1. The summed E-state index contributed by atoms with van der Waals surface area (Å²) in [5.41, 5.74) is 3.10. The number of pyridine rings is 1. The van der Waals surface area contributed by atoms with E-state index in [4.69, 9.17) is 19.2 Å². The Labute approximate surface area is 185 Å². The fourth-order valence-electron chi connectivity index (χ4n) is 3.44. The van der Waals surface area contributed by atoms with Gasteiger partial charge in [-0.2, -0.15) is 0 Å². The molecule has 0 fully saturated rings. The van der Waals surface area contributed by atoms with E-state index >= 15 is 0 Å². The van der Waals surface area contributed by atoms with Crippen molar-refractivity contribution < 1.29 is 19.0 Å². The van der Waals surface area contributed by atoms with Gasteiger partial charge in [0.1, 0.15) is 17.2 Å². The van der Waals surface area contributed by atoms with Crippen molar-refractivity contribution in [2.75, 3.05) is 26.6 Å². The molecular formula is C25H23N3O4. The Hall–Kier alpha value is -4.26. The molecule has 0 aliphatic heterocycles. The molecule has 4 aromatic rings. The van der Waals surface area contributed by atoms with E-state index in [1.54, 1.807) is 39.5 Å². The monoisotopic (exact) mass is 429 g/mol. The predicted octanol–water partition coefficient (Wildman–Crippen LogP) is 4.68. The summed E-state index contributed by atoms with van der Waals surface area (Å²) >= 11 is 0. The first-order valence-corrected chi connectivity index (χ1v) is 9.96. The Bertz CT molecular complexity index is 1250. The molecule has 162 valence electrons. The number of carbonyl (C=O) groups excluding carboxylic acids is 1. The molecule has 0 atom stereocenters. The molecule has 1 N–H and O–H groups in total. The second-order valence-corrected chi connectivity index (χ2v) is 6.89. The fraction of sp³-hybridized carbons (Fsp3) is 0.120. The molecule has 1 amide bonds. The summed E-state index contributed by atoms with van der Waals surface area (Å²) in [5.74, 6) is 1.84. The van der Waals surface area contributed by atoms with E-state index in [0.717, 1.165) is 16.8 Å². The number of aromatic nitrogens is 2. The van der Waals surface area contributed by atoms with Gasteiger partial charge in [0, 0.05) is 17.8 Å². The molecule has 7 nitrogen and oxygen atoms in total. The van der Waals surface area contributed by atoms with Crippen LogP contribution in [0.1, 0.15) is 5.56 Å². The van der Waals surface area contributed by atoms with Crippen LogP contribution in [-0.4, -0.2) is 36.6 Å². The van der Waals surface area contributed by atoms with Gasteiger partial charge in [0.2, 0.25) is 11.7 Å². The third kappa shape index (κ3) is 4.13. The summed E-state index contributed by atoms with van der Waals surface area (Å²) in [5, 5.41) is 2.97. The predicted molar refractivity (Wildman–Crippen MR) is 124 cm³/mol. The maximum atomic E-state index is 12.8. The molecule has 2 aromatic carbocycles. The lowest BCUT2D eigenvalue weighted by molar-refractivity contribution is -0.111. The van der Waals surface area contributed by atoms with Crippen LogP contribution in [0.3, 0.4) is 0 Å². The number of benzene rings is 2. The molecule has 0 bridgehead atoms. The Balaban J connectivity index is 1.65. The first-order valence-electron chi connectivity index (χ1n) is 9.96. The van der Waals surface area contributed by atoms with Crippen LogP contribution >= 0.6 is 0 Å². The van der Waals surface area contributed by atoms with Gasteiger partial charge in [-0.05, 0) is 35.9 Å². The average Bonchev–Trinajstić information content (AvgIpc) is 3.20. The van der Waals surface area contributed by atoms with Crippen molar-refractivity contribution in [3.8, 4) is 28.5 Å². The zero-order chi connectivity index (χ0) is 22.5.